The van der Waals surface area contributed by atoms with Crippen molar-refractivity contribution in [1.29, 1.82) is 0 Å². The zero-order chi connectivity index (χ0) is 25.4. The number of aromatic nitrogens is 3. The van der Waals surface area contributed by atoms with E-state index in [0.717, 1.165) is 26.9 Å². The third-order valence-corrected chi connectivity index (χ3v) is 6.93. The zero-order valence-corrected chi connectivity index (χ0v) is 20.3. The number of carbonyl (C=O) groups excluding carboxylic acids is 3. The summed E-state index contributed by atoms with van der Waals surface area (Å²) in [5, 5.41) is 8.91. The van der Waals surface area contributed by atoms with Gasteiger partial charge in [0, 0.05) is 7.05 Å². The molecule has 1 aromatic heterocycles. The fourth-order valence-corrected chi connectivity index (χ4v) is 4.47. The smallest absolute Gasteiger partial charge is 0.325 e. The monoisotopic (exact) mass is 482 g/mol. The lowest BCUT2D eigenvalue weighted by atomic mass is 9.90. The van der Waals surface area contributed by atoms with Gasteiger partial charge in [-0.15, -0.1) is 0 Å². The quantitative estimate of drug-likeness (QED) is 0.425. The topological polar surface area (TPSA) is 100 Å². The Morgan fingerprint density at radius 2 is 1.78 bits per heavy atom. The maximum Gasteiger partial charge on any atom is 0.325 e. The average Bonchev–Trinajstić information content (AvgIpc) is 3.51. The van der Waals surface area contributed by atoms with Crippen molar-refractivity contribution < 1.29 is 14.4 Å². The van der Waals surface area contributed by atoms with Gasteiger partial charge in [0.2, 0.25) is 5.91 Å². The van der Waals surface area contributed by atoms with Crippen molar-refractivity contribution in [1.82, 2.24) is 29.9 Å². The Bertz CT molecular complexity index is 1450. The molecule has 0 saturated carbocycles. The largest absolute Gasteiger partial charge is 0.337 e. The number of rotatable bonds is 6. The molecular weight excluding hydrogens is 456 g/mol. The Balaban J connectivity index is 1.30. The first kappa shape index (κ1) is 23.2. The molecule has 0 radical (unpaired) electrons. The molecule has 182 valence electrons. The lowest BCUT2D eigenvalue weighted by Crippen LogP contribution is -2.44. The van der Waals surface area contributed by atoms with E-state index in [4.69, 9.17) is 0 Å². The van der Waals surface area contributed by atoms with Crippen LogP contribution < -0.4 is 5.32 Å². The Morgan fingerprint density at radius 1 is 1.06 bits per heavy atom. The lowest BCUT2D eigenvalue weighted by Gasteiger charge is -2.27. The van der Waals surface area contributed by atoms with Crippen LogP contribution in [0.15, 0.2) is 79.4 Å². The van der Waals surface area contributed by atoms with Crippen molar-refractivity contribution in [2.24, 2.45) is 0 Å². The summed E-state index contributed by atoms with van der Waals surface area (Å²) in [6.07, 6.45) is 3.07. The summed E-state index contributed by atoms with van der Waals surface area (Å²) in [5.74, 6) is -0.788. The first-order valence-electron chi connectivity index (χ1n) is 11.6. The summed E-state index contributed by atoms with van der Waals surface area (Å²) in [6.45, 7) is 3.23. The summed E-state index contributed by atoms with van der Waals surface area (Å²) in [5.41, 5.74) is 1.18. The predicted molar refractivity (Wildman–Crippen MR) is 134 cm³/mol. The Kier molecular flexibility index (Phi) is 5.75. The summed E-state index contributed by atoms with van der Waals surface area (Å²) in [7, 11) is 1.67. The fourth-order valence-electron chi connectivity index (χ4n) is 4.47. The van der Waals surface area contributed by atoms with Crippen LogP contribution in [0.3, 0.4) is 0 Å². The molecule has 0 bridgehead atoms. The number of urea groups is 1. The molecule has 5 rings (SSSR count). The molecule has 2 unspecified atom stereocenters. The molecule has 4 amide bonds. The number of amides is 4. The van der Waals surface area contributed by atoms with Crippen molar-refractivity contribution in [2.45, 2.75) is 25.4 Å². The van der Waals surface area contributed by atoms with Crippen molar-refractivity contribution >= 4 is 28.6 Å². The van der Waals surface area contributed by atoms with E-state index in [1.807, 2.05) is 73.7 Å². The van der Waals surface area contributed by atoms with Crippen LogP contribution in [0.1, 0.15) is 31.0 Å². The number of hydrogen-bond donors (Lipinski definition) is 1. The molecule has 2 atom stereocenters. The third-order valence-electron chi connectivity index (χ3n) is 6.93. The molecule has 2 heterocycles. The highest BCUT2D eigenvalue weighted by atomic mass is 16.2. The number of hydrogen-bond acceptors (Lipinski definition) is 5. The van der Waals surface area contributed by atoms with Crippen LogP contribution in [0.2, 0.25) is 0 Å². The molecule has 9 heteroatoms. The lowest BCUT2D eigenvalue weighted by molar-refractivity contribution is -0.139. The molecular formula is C27H26N6O3. The maximum atomic E-state index is 13.4. The normalized spacial score (nSPS) is 18.4. The van der Waals surface area contributed by atoms with Crippen LogP contribution >= 0.6 is 0 Å². The minimum Gasteiger partial charge on any atom is -0.337 e. The number of likely N-dealkylation sites (N-methyl/N-ethyl adjacent to an activating group) is 1. The summed E-state index contributed by atoms with van der Waals surface area (Å²) >= 11 is 0. The van der Waals surface area contributed by atoms with E-state index < -0.39 is 17.5 Å². The van der Waals surface area contributed by atoms with Crippen LogP contribution in [0.5, 0.6) is 0 Å². The van der Waals surface area contributed by atoms with Gasteiger partial charge in [0.25, 0.3) is 5.91 Å². The van der Waals surface area contributed by atoms with Gasteiger partial charge in [-0.25, -0.2) is 14.5 Å². The first-order valence-corrected chi connectivity index (χ1v) is 11.6. The van der Waals surface area contributed by atoms with Crippen LogP contribution in [-0.2, 0) is 15.1 Å². The second-order valence-electron chi connectivity index (χ2n) is 9.12. The maximum absolute atomic E-state index is 13.4. The number of fused-ring (bicyclic) bond motifs is 1. The molecule has 1 aliphatic rings. The summed E-state index contributed by atoms with van der Waals surface area (Å²) in [6, 6.07) is 20.2. The van der Waals surface area contributed by atoms with Gasteiger partial charge < -0.3 is 10.2 Å². The fraction of sp³-hybridized carbons (Fsp3) is 0.222. The molecule has 3 aromatic carbocycles. The average molecular weight is 483 g/mol. The van der Waals surface area contributed by atoms with E-state index >= 15 is 0 Å². The minimum atomic E-state index is -1.25. The van der Waals surface area contributed by atoms with Crippen LogP contribution in [0.25, 0.3) is 16.5 Å². The highest BCUT2D eigenvalue weighted by Gasteiger charge is 2.49. The third kappa shape index (κ3) is 3.98. The van der Waals surface area contributed by atoms with Crippen molar-refractivity contribution in [3.63, 3.8) is 0 Å². The standard InChI is InChI=1S/C27H26N6O3/c1-18(19-9-12-23(13-10-19)33-17-28-16-29-33)31(3)24(34)15-32-25(35)27(2,30-26(32)36)22-11-8-20-6-4-5-7-21(20)14-22/h4-14,16-18H,15H2,1-3H3,(H,30,36). The Morgan fingerprint density at radius 3 is 2.47 bits per heavy atom. The summed E-state index contributed by atoms with van der Waals surface area (Å²) in [4.78, 5) is 45.8. The van der Waals surface area contributed by atoms with Crippen molar-refractivity contribution in [2.75, 3.05) is 13.6 Å². The van der Waals surface area contributed by atoms with Gasteiger partial charge in [0.05, 0.1) is 11.7 Å². The van der Waals surface area contributed by atoms with Crippen molar-refractivity contribution in [3.05, 3.63) is 90.5 Å². The molecule has 36 heavy (non-hydrogen) atoms. The first-order chi connectivity index (χ1) is 17.3. The van der Waals surface area contributed by atoms with E-state index in [0.29, 0.717) is 5.56 Å². The number of benzene rings is 3. The highest BCUT2D eigenvalue weighted by Crippen LogP contribution is 2.31. The van der Waals surface area contributed by atoms with Gasteiger partial charge in [-0.2, -0.15) is 5.10 Å². The van der Waals surface area contributed by atoms with Gasteiger partial charge in [0.15, 0.2) is 0 Å². The van der Waals surface area contributed by atoms with E-state index in [2.05, 4.69) is 15.4 Å². The van der Waals surface area contributed by atoms with E-state index in [1.165, 1.54) is 11.2 Å². The van der Waals surface area contributed by atoms with E-state index in [9.17, 15) is 14.4 Å². The molecule has 0 aliphatic carbocycles. The molecule has 9 nitrogen and oxygen atoms in total. The summed E-state index contributed by atoms with van der Waals surface area (Å²) < 4.78 is 1.65. The van der Waals surface area contributed by atoms with Gasteiger partial charge >= 0.3 is 6.03 Å². The molecule has 0 spiro atoms. The number of nitrogens with one attached hydrogen (secondary N) is 1. The van der Waals surface area contributed by atoms with Crippen LogP contribution in [-0.4, -0.2) is 56.0 Å². The second kappa shape index (κ2) is 8.92. The SMILES string of the molecule is CC(c1ccc(-n2cncn2)cc1)N(C)C(=O)CN1C(=O)NC(C)(c2ccc3ccccc3c2)C1=O. The van der Waals surface area contributed by atoms with E-state index in [-0.39, 0.29) is 18.5 Å². The Hall–Kier alpha value is -4.53. The molecule has 1 N–H and O–H groups in total. The van der Waals surface area contributed by atoms with Gasteiger partial charge in [-0.3, -0.25) is 14.5 Å². The highest BCUT2D eigenvalue weighted by molar-refractivity contribution is 6.09. The number of imide groups is 1. The predicted octanol–water partition coefficient (Wildman–Crippen LogP) is 3.41. The van der Waals surface area contributed by atoms with Gasteiger partial charge in [0.1, 0.15) is 24.7 Å². The van der Waals surface area contributed by atoms with Gasteiger partial charge in [-0.1, -0.05) is 48.5 Å². The zero-order valence-electron chi connectivity index (χ0n) is 20.3. The Labute approximate surface area is 208 Å². The van der Waals surface area contributed by atoms with Crippen molar-refractivity contribution in [3.8, 4) is 5.69 Å². The minimum absolute atomic E-state index is 0.269. The van der Waals surface area contributed by atoms with Crippen LogP contribution in [0, 0.1) is 0 Å². The number of nitrogens with zero attached hydrogens (tertiary/aromatic N) is 5. The van der Waals surface area contributed by atoms with Crippen LogP contribution in [0.4, 0.5) is 4.79 Å². The molecule has 4 aromatic rings. The second-order valence-corrected chi connectivity index (χ2v) is 9.12. The van der Waals surface area contributed by atoms with E-state index in [1.54, 1.807) is 25.0 Å². The molecule has 1 fully saturated rings. The number of carbonyl (C=O) groups is 3. The van der Waals surface area contributed by atoms with Gasteiger partial charge in [-0.05, 0) is 53.9 Å². The molecule has 1 saturated heterocycles. The molecule has 1 aliphatic heterocycles.